The fourth-order valence-corrected chi connectivity index (χ4v) is 2.30. The SMILES string of the molecule is C[C@@](N)(c1cc(Br)ccc1F)[C@@H]1C[C@H]1O. The second-order valence-corrected chi connectivity index (χ2v) is 5.23. The molecule has 2 nitrogen and oxygen atoms in total. The molecule has 0 bridgehead atoms. The summed E-state index contributed by atoms with van der Waals surface area (Å²) in [5.41, 5.74) is 5.74. The third-order valence-electron chi connectivity index (χ3n) is 3.04. The molecular formula is C11H13BrFNO. The highest BCUT2D eigenvalue weighted by atomic mass is 79.9. The van der Waals surface area contributed by atoms with Crippen LogP contribution in [0.2, 0.25) is 0 Å². The van der Waals surface area contributed by atoms with Gasteiger partial charge >= 0.3 is 0 Å². The van der Waals surface area contributed by atoms with Crippen LogP contribution in [0.25, 0.3) is 0 Å². The molecule has 1 aliphatic carbocycles. The molecule has 82 valence electrons. The van der Waals surface area contributed by atoms with Crippen LogP contribution in [0.15, 0.2) is 22.7 Å². The largest absolute Gasteiger partial charge is 0.393 e. The summed E-state index contributed by atoms with van der Waals surface area (Å²) < 4.78 is 14.4. The van der Waals surface area contributed by atoms with E-state index in [2.05, 4.69) is 15.9 Å². The molecule has 2 rings (SSSR count). The van der Waals surface area contributed by atoms with Gasteiger partial charge in [0.2, 0.25) is 0 Å². The van der Waals surface area contributed by atoms with Gasteiger partial charge in [0.1, 0.15) is 5.82 Å². The van der Waals surface area contributed by atoms with E-state index in [-0.39, 0.29) is 11.7 Å². The van der Waals surface area contributed by atoms with Crippen LogP contribution in [-0.2, 0) is 5.54 Å². The van der Waals surface area contributed by atoms with Crippen molar-refractivity contribution >= 4 is 15.9 Å². The summed E-state index contributed by atoms with van der Waals surface area (Å²) in [6.45, 7) is 1.76. The molecule has 1 saturated carbocycles. The maximum atomic E-state index is 13.6. The maximum Gasteiger partial charge on any atom is 0.128 e. The molecule has 0 saturated heterocycles. The van der Waals surface area contributed by atoms with Crippen LogP contribution >= 0.6 is 15.9 Å². The van der Waals surface area contributed by atoms with Gasteiger partial charge in [0.15, 0.2) is 0 Å². The van der Waals surface area contributed by atoms with Crippen molar-refractivity contribution in [2.45, 2.75) is 25.0 Å². The predicted molar refractivity (Wildman–Crippen MR) is 59.8 cm³/mol. The Morgan fingerprint density at radius 3 is 2.73 bits per heavy atom. The van der Waals surface area contributed by atoms with E-state index in [0.29, 0.717) is 12.0 Å². The molecule has 3 N–H and O–H groups in total. The average molecular weight is 274 g/mol. The maximum absolute atomic E-state index is 13.6. The molecule has 1 aromatic carbocycles. The monoisotopic (exact) mass is 273 g/mol. The van der Waals surface area contributed by atoms with E-state index in [0.717, 1.165) is 4.47 Å². The van der Waals surface area contributed by atoms with Gasteiger partial charge < -0.3 is 10.8 Å². The first-order chi connectivity index (χ1) is 6.93. The number of benzene rings is 1. The molecule has 4 heteroatoms. The molecule has 1 aliphatic rings. The zero-order valence-corrected chi connectivity index (χ0v) is 9.96. The van der Waals surface area contributed by atoms with Crippen molar-refractivity contribution in [3.05, 3.63) is 34.1 Å². The van der Waals surface area contributed by atoms with E-state index in [9.17, 15) is 9.50 Å². The van der Waals surface area contributed by atoms with Gasteiger partial charge in [0.05, 0.1) is 6.10 Å². The Morgan fingerprint density at radius 2 is 2.20 bits per heavy atom. The highest BCUT2D eigenvalue weighted by Crippen LogP contribution is 2.45. The van der Waals surface area contributed by atoms with Crippen molar-refractivity contribution < 1.29 is 9.50 Å². The lowest BCUT2D eigenvalue weighted by molar-refractivity contribution is 0.228. The van der Waals surface area contributed by atoms with Crippen LogP contribution in [0.4, 0.5) is 4.39 Å². The Bertz CT molecular complexity index is 394. The number of hydrogen-bond acceptors (Lipinski definition) is 2. The molecule has 0 unspecified atom stereocenters. The Kier molecular flexibility index (Phi) is 2.61. The molecule has 0 radical (unpaired) electrons. The quantitative estimate of drug-likeness (QED) is 0.868. The van der Waals surface area contributed by atoms with Crippen LogP contribution in [0.3, 0.4) is 0 Å². The van der Waals surface area contributed by atoms with E-state index >= 15 is 0 Å². The molecule has 0 amide bonds. The van der Waals surface area contributed by atoms with Gasteiger partial charge in [-0.1, -0.05) is 15.9 Å². The first kappa shape index (κ1) is 11.0. The number of halogens is 2. The van der Waals surface area contributed by atoms with E-state index < -0.39 is 11.6 Å². The lowest BCUT2D eigenvalue weighted by atomic mass is 9.87. The van der Waals surface area contributed by atoms with Crippen LogP contribution < -0.4 is 5.73 Å². The topological polar surface area (TPSA) is 46.2 Å². The van der Waals surface area contributed by atoms with Gasteiger partial charge in [-0.15, -0.1) is 0 Å². The van der Waals surface area contributed by atoms with Crippen LogP contribution in [0.5, 0.6) is 0 Å². The first-order valence-corrected chi connectivity index (χ1v) is 5.64. The molecule has 15 heavy (non-hydrogen) atoms. The van der Waals surface area contributed by atoms with Gasteiger partial charge in [0.25, 0.3) is 0 Å². The molecule has 0 aromatic heterocycles. The fraction of sp³-hybridized carbons (Fsp3) is 0.455. The average Bonchev–Trinajstić information content (AvgIpc) is 2.87. The van der Waals surface area contributed by atoms with Crippen LogP contribution in [-0.4, -0.2) is 11.2 Å². The first-order valence-electron chi connectivity index (χ1n) is 4.85. The molecule has 3 atom stereocenters. The summed E-state index contributed by atoms with van der Waals surface area (Å²) in [6, 6.07) is 4.71. The normalized spacial score (nSPS) is 28.6. The van der Waals surface area contributed by atoms with E-state index in [1.807, 2.05) is 0 Å². The summed E-state index contributed by atoms with van der Waals surface area (Å²) in [7, 11) is 0. The zero-order chi connectivity index (χ0) is 11.2. The predicted octanol–water partition coefficient (Wildman–Crippen LogP) is 2.14. The number of rotatable bonds is 2. The Hall–Kier alpha value is -0.450. The van der Waals surface area contributed by atoms with E-state index in [1.54, 1.807) is 19.1 Å². The summed E-state index contributed by atoms with van der Waals surface area (Å²) in [5, 5.41) is 9.37. The lowest BCUT2D eigenvalue weighted by Gasteiger charge is -2.25. The second-order valence-electron chi connectivity index (χ2n) is 4.32. The second kappa shape index (κ2) is 3.54. The van der Waals surface area contributed by atoms with Crippen molar-refractivity contribution in [1.82, 2.24) is 0 Å². The highest BCUT2D eigenvalue weighted by Gasteiger charge is 2.49. The molecular weight excluding hydrogens is 261 g/mol. The number of aliphatic hydroxyl groups excluding tert-OH is 1. The number of aliphatic hydroxyl groups is 1. The van der Waals surface area contributed by atoms with E-state index in [1.165, 1.54) is 6.07 Å². The van der Waals surface area contributed by atoms with Gasteiger partial charge in [-0.05, 0) is 31.5 Å². The zero-order valence-electron chi connectivity index (χ0n) is 8.37. The highest BCUT2D eigenvalue weighted by molar-refractivity contribution is 9.10. The molecule has 0 aliphatic heterocycles. The minimum atomic E-state index is -0.798. The summed E-state index contributed by atoms with van der Waals surface area (Å²) in [6.07, 6.45) is 0.261. The van der Waals surface area contributed by atoms with Gasteiger partial charge in [-0.25, -0.2) is 4.39 Å². The van der Waals surface area contributed by atoms with Crippen molar-refractivity contribution in [1.29, 1.82) is 0 Å². The Labute approximate surface area is 96.4 Å². The Balaban J connectivity index is 2.39. The summed E-state index contributed by atoms with van der Waals surface area (Å²) in [5.74, 6) is -0.358. The van der Waals surface area contributed by atoms with E-state index in [4.69, 9.17) is 5.73 Å². The van der Waals surface area contributed by atoms with Gasteiger partial charge in [0, 0.05) is 21.5 Å². The smallest absolute Gasteiger partial charge is 0.128 e. The molecule has 0 heterocycles. The van der Waals surface area contributed by atoms with Crippen molar-refractivity contribution in [2.24, 2.45) is 11.7 Å². The van der Waals surface area contributed by atoms with Crippen molar-refractivity contribution in [2.75, 3.05) is 0 Å². The minimum absolute atomic E-state index is 0.0405. The Morgan fingerprint density at radius 1 is 1.60 bits per heavy atom. The van der Waals surface area contributed by atoms with Gasteiger partial charge in [-0.3, -0.25) is 0 Å². The van der Waals surface area contributed by atoms with Crippen LogP contribution in [0.1, 0.15) is 18.9 Å². The lowest BCUT2D eigenvalue weighted by Crippen LogP contribution is -2.37. The molecule has 1 fully saturated rings. The number of hydrogen-bond donors (Lipinski definition) is 2. The summed E-state index contributed by atoms with van der Waals surface area (Å²) in [4.78, 5) is 0. The molecule has 1 aromatic rings. The van der Waals surface area contributed by atoms with Crippen molar-refractivity contribution in [3.63, 3.8) is 0 Å². The fourth-order valence-electron chi connectivity index (χ4n) is 1.94. The summed E-state index contributed by atoms with van der Waals surface area (Å²) >= 11 is 3.29. The molecule has 0 spiro atoms. The third-order valence-corrected chi connectivity index (χ3v) is 3.53. The van der Waals surface area contributed by atoms with Crippen molar-refractivity contribution in [3.8, 4) is 0 Å². The third kappa shape index (κ3) is 1.94. The van der Waals surface area contributed by atoms with Crippen LogP contribution in [0, 0.1) is 11.7 Å². The minimum Gasteiger partial charge on any atom is -0.393 e. The van der Waals surface area contributed by atoms with Gasteiger partial charge in [-0.2, -0.15) is 0 Å². The standard InChI is InChI=1S/C11H13BrFNO/c1-11(14,8-5-10(8)15)7-4-6(12)2-3-9(7)13/h2-4,8,10,15H,5,14H2,1H3/t8-,10-,11-/m1/s1. The number of nitrogens with two attached hydrogens (primary N) is 1.